The number of methoxy groups -OCH3 is 1. The van der Waals surface area contributed by atoms with Crippen molar-refractivity contribution in [2.45, 2.75) is 18.9 Å². The van der Waals surface area contributed by atoms with Crippen LogP contribution in [0.25, 0.3) is 0 Å². The molecule has 0 aliphatic carbocycles. The van der Waals surface area contributed by atoms with Crippen LogP contribution >= 0.6 is 0 Å². The maximum Gasteiger partial charge on any atom is 0.240 e. The van der Waals surface area contributed by atoms with E-state index in [1.165, 1.54) is 0 Å². The number of nitrogens with one attached hydrogen (secondary N) is 1. The van der Waals surface area contributed by atoms with Gasteiger partial charge in [0.1, 0.15) is 5.75 Å². The second-order valence-electron chi connectivity index (χ2n) is 5.03. The third-order valence-corrected chi connectivity index (χ3v) is 3.35. The molecule has 0 fully saturated rings. The monoisotopic (exact) mass is 312 g/mol. The van der Waals surface area contributed by atoms with Crippen molar-refractivity contribution in [3.63, 3.8) is 0 Å². The summed E-state index contributed by atoms with van der Waals surface area (Å²) in [6.07, 6.45) is 1.47. The van der Waals surface area contributed by atoms with E-state index in [1.54, 1.807) is 13.3 Å². The highest BCUT2D eigenvalue weighted by molar-refractivity contribution is 5.82. The van der Waals surface area contributed by atoms with Gasteiger partial charge in [-0.15, -0.1) is 0 Å². The summed E-state index contributed by atoms with van der Waals surface area (Å²) >= 11 is 0. The van der Waals surface area contributed by atoms with Crippen LogP contribution in [0.15, 0.2) is 59.7 Å². The summed E-state index contributed by atoms with van der Waals surface area (Å²) < 4.78 is 5.06. The van der Waals surface area contributed by atoms with Crippen molar-refractivity contribution in [1.82, 2.24) is 5.43 Å². The Morgan fingerprint density at radius 1 is 1.22 bits per heavy atom. The average Bonchev–Trinajstić information content (AvgIpc) is 2.61. The van der Waals surface area contributed by atoms with Crippen molar-refractivity contribution in [1.29, 1.82) is 0 Å². The number of nitrogens with zero attached hydrogens (tertiary/aromatic N) is 1. The summed E-state index contributed by atoms with van der Waals surface area (Å²) in [7, 11) is 1.60. The highest BCUT2D eigenvalue weighted by Gasteiger charge is 2.09. The van der Waals surface area contributed by atoms with Gasteiger partial charge < -0.3 is 9.84 Å². The number of hydrazone groups is 1. The van der Waals surface area contributed by atoms with E-state index >= 15 is 0 Å². The molecule has 0 unspecified atom stereocenters. The Bertz CT molecular complexity index is 639. The second-order valence-corrected chi connectivity index (χ2v) is 5.03. The zero-order valence-corrected chi connectivity index (χ0v) is 13.0. The summed E-state index contributed by atoms with van der Waals surface area (Å²) in [5.74, 6) is 0.533. The van der Waals surface area contributed by atoms with Gasteiger partial charge in [0.2, 0.25) is 5.91 Å². The lowest BCUT2D eigenvalue weighted by molar-refractivity contribution is -0.121. The molecule has 0 radical (unpaired) electrons. The molecule has 5 nitrogen and oxygen atoms in total. The van der Waals surface area contributed by atoms with Crippen LogP contribution in [0.1, 0.15) is 30.1 Å². The van der Waals surface area contributed by atoms with Gasteiger partial charge in [0, 0.05) is 6.42 Å². The molecular weight excluding hydrogens is 292 g/mol. The number of benzene rings is 2. The van der Waals surface area contributed by atoms with E-state index in [0.717, 1.165) is 16.9 Å². The fraction of sp³-hybridized carbons (Fsp3) is 0.222. The Morgan fingerprint density at radius 3 is 2.57 bits per heavy atom. The Labute approximate surface area is 135 Å². The molecule has 1 atom stereocenters. The Balaban J connectivity index is 1.75. The molecule has 2 rings (SSSR count). The summed E-state index contributed by atoms with van der Waals surface area (Å²) in [4.78, 5) is 11.7. The molecule has 0 heterocycles. The van der Waals surface area contributed by atoms with E-state index in [2.05, 4.69) is 10.5 Å². The number of rotatable bonds is 7. The first-order chi connectivity index (χ1) is 11.2. The van der Waals surface area contributed by atoms with Crippen molar-refractivity contribution in [2.75, 3.05) is 7.11 Å². The topological polar surface area (TPSA) is 70.9 Å². The maximum absolute atomic E-state index is 11.7. The first-order valence-electron chi connectivity index (χ1n) is 7.38. The van der Waals surface area contributed by atoms with Gasteiger partial charge in [-0.1, -0.05) is 30.3 Å². The summed E-state index contributed by atoms with van der Waals surface area (Å²) in [6, 6.07) is 16.6. The molecule has 0 aromatic heterocycles. The fourth-order valence-corrected chi connectivity index (χ4v) is 2.03. The lowest BCUT2D eigenvalue weighted by Gasteiger charge is -2.09. The number of hydrogen-bond acceptors (Lipinski definition) is 4. The van der Waals surface area contributed by atoms with Gasteiger partial charge >= 0.3 is 0 Å². The highest BCUT2D eigenvalue weighted by Crippen LogP contribution is 2.17. The lowest BCUT2D eigenvalue weighted by atomic mass is 10.1. The molecule has 2 N–H and O–H groups in total. The Morgan fingerprint density at radius 2 is 1.91 bits per heavy atom. The average molecular weight is 312 g/mol. The van der Waals surface area contributed by atoms with Crippen LogP contribution in [-0.4, -0.2) is 24.3 Å². The third kappa shape index (κ3) is 5.56. The molecule has 5 heteroatoms. The van der Waals surface area contributed by atoms with E-state index < -0.39 is 6.10 Å². The number of aliphatic hydroxyl groups excluding tert-OH is 1. The molecule has 23 heavy (non-hydrogen) atoms. The van der Waals surface area contributed by atoms with Gasteiger partial charge in [0.15, 0.2) is 0 Å². The standard InChI is InChI=1S/C18H20N2O3/c1-23-16-9-7-14(8-10-16)13-19-20-18(22)12-11-17(21)15-5-3-2-4-6-15/h2-10,13,17,21H,11-12H2,1H3,(H,20,22)/b19-13-/t17-/m1/s1. The molecule has 120 valence electrons. The second kappa shape index (κ2) is 8.70. The molecule has 0 spiro atoms. The van der Waals surface area contributed by atoms with Crippen LogP contribution in [-0.2, 0) is 4.79 Å². The predicted molar refractivity (Wildman–Crippen MR) is 89.4 cm³/mol. The zero-order chi connectivity index (χ0) is 16.5. The fourth-order valence-electron chi connectivity index (χ4n) is 2.03. The van der Waals surface area contributed by atoms with Gasteiger partial charge in [-0.3, -0.25) is 4.79 Å². The summed E-state index contributed by atoms with van der Waals surface area (Å²) in [5.41, 5.74) is 4.12. The minimum Gasteiger partial charge on any atom is -0.497 e. The highest BCUT2D eigenvalue weighted by atomic mass is 16.5. The Kier molecular flexibility index (Phi) is 6.32. The SMILES string of the molecule is COc1ccc(/C=N\NC(=O)CC[C@@H](O)c2ccccc2)cc1. The van der Waals surface area contributed by atoms with Crippen molar-refractivity contribution < 1.29 is 14.6 Å². The number of carbonyl (C=O) groups excluding carboxylic acids is 1. The van der Waals surface area contributed by atoms with E-state index in [4.69, 9.17) is 4.74 Å². The third-order valence-electron chi connectivity index (χ3n) is 3.35. The van der Waals surface area contributed by atoms with Crippen LogP contribution < -0.4 is 10.2 Å². The Hall–Kier alpha value is -2.66. The molecular formula is C18H20N2O3. The molecule has 0 saturated carbocycles. The predicted octanol–water partition coefficient (Wildman–Crippen LogP) is 2.66. The van der Waals surface area contributed by atoms with E-state index in [0.29, 0.717) is 6.42 Å². The quantitative estimate of drug-likeness (QED) is 0.610. The van der Waals surface area contributed by atoms with Gasteiger partial charge in [-0.2, -0.15) is 5.10 Å². The van der Waals surface area contributed by atoms with Crippen LogP contribution in [0.5, 0.6) is 5.75 Å². The molecule has 2 aromatic rings. The number of amides is 1. The largest absolute Gasteiger partial charge is 0.497 e. The van der Waals surface area contributed by atoms with Crippen LogP contribution in [0.2, 0.25) is 0 Å². The minimum atomic E-state index is -0.646. The molecule has 2 aromatic carbocycles. The van der Waals surface area contributed by atoms with Crippen LogP contribution in [0, 0.1) is 0 Å². The molecule has 0 aliphatic rings. The minimum absolute atomic E-state index is 0.204. The van der Waals surface area contributed by atoms with Crippen LogP contribution in [0.4, 0.5) is 0 Å². The van der Waals surface area contributed by atoms with E-state index in [-0.39, 0.29) is 12.3 Å². The van der Waals surface area contributed by atoms with Gasteiger partial charge in [-0.05, 0) is 41.8 Å². The van der Waals surface area contributed by atoms with Crippen LogP contribution in [0.3, 0.4) is 0 Å². The van der Waals surface area contributed by atoms with Gasteiger partial charge in [-0.25, -0.2) is 5.43 Å². The van der Waals surface area contributed by atoms with Gasteiger partial charge in [0.25, 0.3) is 0 Å². The van der Waals surface area contributed by atoms with Gasteiger partial charge in [0.05, 0.1) is 19.4 Å². The van der Waals surface area contributed by atoms with Crippen molar-refractivity contribution in [3.8, 4) is 5.75 Å². The number of ether oxygens (including phenoxy) is 1. The first kappa shape index (κ1) is 16.7. The molecule has 0 bridgehead atoms. The summed E-state index contributed by atoms with van der Waals surface area (Å²) in [5, 5.41) is 13.9. The normalized spacial score (nSPS) is 12.1. The van der Waals surface area contributed by atoms with Crippen molar-refractivity contribution >= 4 is 12.1 Å². The van der Waals surface area contributed by atoms with Crippen molar-refractivity contribution in [2.24, 2.45) is 5.10 Å². The maximum atomic E-state index is 11.7. The smallest absolute Gasteiger partial charge is 0.240 e. The molecule has 0 saturated heterocycles. The summed E-state index contributed by atoms with van der Waals surface area (Å²) in [6.45, 7) is 0. The lowest BCUT2D eigenvalue weighted by Crippen LogP contribution is -2.18. The number of hydrogen-bond donors (Lipinski definition) is 2. The zero-order valence-electron chi connectivity index (χ0n) is 13.0. The van der Waals surface area contributed by atoms with E-state index in [9.17, 15) is 9.90 Å². The number of carbonyl (C=O) groups is 1. The first-order valence-corrected chi connectivity index (χ1v) is 7.38. The van der Waals surface area contributed by atoms with Crippen molar-refractivity contribution in [3.05, 3.63) is 65.7 Å². The number of aliphatic hydroxyl groups is 1. The molecule has 0 aliphatic heterocycles. The van der Waals surface area contributed by atoms with E-state index in [1.807, 2.05) is 54.6 Å². The molecule has 1 amide bonds.